The van der Waals surface area contributed by atoms with Crippen molar-refractivity contribution in [2.24, 2.45) is 0 Å². The van der Waals surface area contributed by atoms with E-state index >= 15 is 0 Å². The predicted octanol–water partition coefficient (Wildman–Crippen LogP) is 3.89. The molecule has 0 aliphatic carbocycles. The zero-order valence-electron chi connectivity index (χ0n) is 16.5. The molecule has 0 saturated carbocycles. The SMILES string of the molecule is COc1cc(CNC(=O)N(C)C(C)c2ccc(F)c(F)c2)cc(OC)c1OC. The lowest BCUT2D eigenvalue weighted by atomic mass is 10.1. The lowest BCUT2D eigenvalue weighted by Gasteiger charge is -2.26. The molecule has 152 valence electrons. The number of halogens is 2. The number of nitrogens with zero attached hydrogens (tertiary/aromatic N) is 1. The average molecular weight is 394 g/mol. The fraction of sp³-hybridized carbons (Fsp3) is 0.350. The molecule has 0 fully saturated rings. The van der Waals surface area contributed by atoms with Crippen LogP contribution in [0, 0.1) is 11.6 Å². The average Bonchev–Trinajstić information content (AvgIpc) is 2.71. The summed E-state index contributed by atoms with van der Waals surface area (Å²) in [5, 5.41) is 2.78. The van der Waals surface area contributed by atoms with Crippen molar-refractivity contribution in [3.8, 4) is 17.2 Å². The third-order valence-corrected chi connectivity index (χ3v) is 4.50. The van der Waals surface area contributed by atoms with E-state index in [1.807, 2.05) is 0 Å². The standard InChI is InChI=1S/C20H24F2N2O4/c1-12(14-6-7-15(21)16(22)10-14)24(2)20(25)23-11-13-8-17(26-3)19(28-5)18(9-13)27-4/h6-10,12H,11H2,1-5H3,(H,23,25). The van der Waals surface area contributed by atoms with Gasteiger partial charge in [0.05, 0.1) is 27.4 Å². The smallest absolute Gasteiger partial charge is 0.317 e. The lowest BCUT2D eigenvalue weighted by molar-refractivity contribution is 0.194. The van der Waals surface area contributed by atoms with Gasteiger partial charge in [0.25, 0.3) is 0 Å². The van der Waals surface area contributed by atoms with Gasteiger partial charge in [-0.25, -0.2) is 13.6 Å². The van der Waals surface area contributed by atoms with Crippen LogP contribution in [-0.2, 0) is 6.54 Å². The van der Waals surface area contributed by atoms with Crippen LogP contribution in [0.2, 0.25) is 0 Å². The molecular formula is C20H24F2N2O4. The summed E-state index contributed by atoms with van der Waals surface area (Å²) in [6.45, 7) is 1.94. The topological polar surface area (TPSA) is 60.0 Å². The highest BCUT2D eigenvalue weighted by Gasteiger charge is 2.19. The van der Waals surface area contributed by atoms with E-state index in [1.165, 1.54) is 32.3 Å². The van der Waals surface area contributed by atoms with E-state index in [0.717, 1.165) is 17.7 Å². The van der Waals surface area contributed by atoms with Crippen molar-refractivity contribution in [3.05, 3.63) is 53.1 Å². The maximum absolute atomic E-state index is 13.5. The van der Waals surface area contributed by atoms with Gasteiger partial charge in [0.1, 0.15) is 0 Å². The first kappa shape index (κ1) is 21.3. The van der Waals surface area contributed by atoms with Crippen LogP contribution >= 0.6 is 0 Å². The summed E-state index contributed by atoms with van der Waals surface area (Å²) in [7, 11) is 6.11. The minimum atomic E-state index is -0.949. The van der Waals surface area contributed by atoms with Crippen molar-refractivity contribution in [3.63, 3.8) is 0 Å². The Morgan fingerprint density at radius 1 is 1.04 bits per heavy atom. The number of hydrogen-bond donors (Lipinski definition) is 1. The Hall–Kier alpha value is -3.03. The fourth-order valence-electron chi connectivity index (χ4n) is 2.71. The third-order valence-electron chi connectivity index (χ3n) is 4.50. The second-order valence-electron chi connectivity index (χ2n) is 6.15. The molecule has 0 saturated heterocycles. The Bertz CT molecular complexity index is 820. The lowest BCUT2D eigenvalue weighted by Crippen LogP contribution is -2.38. The molecule has 0 bridgehead atoms. The normalized spacial score (nSPS) is 11.5. The van der Waals surface area contributed by atoms with Crippen molar-refractivity contribution in [2.75, 3.05) is 28.4 Å². The van der Waals surface area contributed by atoms with Crippen LogP contribution in [-0.4, -0.2) is 39.3 Å². The maximum Gasteiger partial charge on any atom is 0.317 e. The van der Waals surface area contributed by atoms with Crippen LogP contribution < -0.4 is 19.5 Å². The summed E-state index contributed by atoms with van der Waals surface area (Å²) in [4.78, 5) is 13.9. The molecule has 0 aromatic heterocycles. The van der Waals surface area contributed by atoms with Gasteiger partial charge in [0.2, 0.25) is 5.75 Å². The van der Waals surface area contributed by atoms with Gasteiger partial charge < -0.3 is 24.4 Å². The third kappa shape index (κ3) is 4.62. The minimum Gasteiger partial charge on any atom is -0.493 e. The van der Waals surface area contributed by atoms with Crippen LogP contribution in [0.3, 0.4) is 0 Å². The van der Waals surface area contributed by atoms with Crippen molar-refractivity contribution in [1.29, 1.82) is 0 Å². The van der Waals surface area contributed by atoms with Gasteiger partial charge in [0, 0.05) is 13.6 Å². The summed E-state index contributed by atoms with van der Waals surface area (Å²) in [5.74, 6) is -0.450. The van der Waals surface area contributed by atoms with E-state index in [-0.39, 0.29) is 12.6 Å². The van der Waals surface area contributed by atoms with Crippen molar-refractivity contribution >= 4 is 6.03 Å². The highest BCUT2D eigenvalue weighted by molar-refractivity contribution is 5.74. The molecule has 1 unspecified atom stereocenters. The number of carbonyl (C=O) groups excluding carboxylic acids is 1. The Morgan fingerprint density at radius 2 is 1.64 bits per heavy atom. The van der Waals surface area contributed by atoms with Crippen LogP contribution in [0.25, 0.3) is 0 Å². The summed E-state index contributed by atoms with van der Waals surface area (Å²) in [6.07, 6.45) is 0. The van der Waals surface area contributed by atoms with Crippen molar-refractivity contribution in [1.82, 2.24) is 10.2 Å². The molecule has 2 aromatic rings. The van der Waals surface area contributed by atoms with E-state index in [4.69, 9.17) is 14.2 Å². The Morgan fingerprint density at radius 3 is 2.14 bits per heavy atom. The summed E-state index contributed by atoms with van der Waals surface area (Å²) in [6, 6.07) is 6.24. The number of rotatable bonds is 7. The van der Waals surface area contributed by atoms with E-state index in [2.05, 4.69) is 5.32 Å². The first-order valence-electron chi connectivity index (χ1n) is 8.56. The Kier molecular flexibility index (Phi) is 7.03. The second kappa shape index (κ2) is 9.25. The summed E-state index contributed by atoms with van der Waals surface area (Å²) in [5.41, 5.74) is 1.24. The molecular weight excluding hydrogens is 370 g/mol. The van der Waals surface area contributed by atoms with Crippen LogP contribution in [0.15, 0.2) is 30.3 Å². The molecule has 0 aliphatic rings. The van der Waals surface area contributed by atoms with Crippen molar-refractivity contribution in [2.45, 2.75) is 19.5 Å². The summed E-state index contributed by atoms with van der Waals surface area (Å²) >= 11 is 0. The Balaban J connectivity index is 2.09. The van der Waals surface area contributed by atoms with Crippen LogP contribution in [0.1, 0.15) is 24.1 Å². The molecule has 1 N–H and O–H groups in total. The molecule has 0 aliphatic heterocycles. The number of benzene rings is 2. The first-order valence-corrected chi connectivity index (χ1v) is 8.56. The molecule has 0 radical (unpaired) electrons. The van der Waals surface area contributed by atoms with Crippen LogP contribution in [0.5, 0.6) is 17.2 Å². The van der Waals surface area contributed by atoms with Crippen LogP contribution in [0.4, 0.5) is 13.6 Å². The van der Waals surface area contributed by atoms with Gasteiger partial charge in [-0.3, -0.25) is 0 Å². The van der Waals surface area contributed by atoms with E-state index in [1.54, 1.807) is 26.1 Å². The maximum atomic E-state index is 13.5. The fourth-order valence-corrected chi connectivity index (χ4v) is 2.71. The quantitative estimate of drug-likeness (QED) is 0.774. The van der Waals surface area contributed by atoms with Gasteiger partial charge >= 0.3 is 6.03 Å². The number of amides is 2. The number of carbonyl (C=O) groups is 1. The molecule has 2 amide bonds. The van der Waals surface area contributed by atoms with Gasteiger partial charge in [-0.1, -0.05) is 6.07 Å². The van der Waals surface area contributed by atoms with E-state index in [0.29, 0.717) is 22.8 Å². The number of ether oxygens (including phenoxy) is 3. The highest BCUT2D eigenvalue weighted by Crippen LogP contribution is 2.38. The molecule has 0 heterocycles. The molecule has 0 spiro atoms. The number of nitrogens with one attached hydrogen (secondary N) is 1. The summed E-state index contributed by atoms with van der Waals surface area (Å²) < 4.78 is 42.4. The molecule has 1 atom stereocenters. The second-order valence-corrected chi connectivity index (χ2v) is 6.15. The number of urea groups is 1. The molecule has 6 nitrogen and oxygen atoms in total. The number of methoxy groups -OCH3 is 3. The zero-order valence-corrected chi connectivity index (χ0v) is 16.5. The Labute approximate surface area is 163 Å². The van der Waals surface area contributed by atoms with Gasteiger partial charge in [-0.05, 0) is 42.3 Å². The molecule has 2 rings (SSSR count). The first-order chi connectivity index (χ1) is 13.3. The van der Waals surface area contributed by atoms with Gasteiger partial charge in [0.15, 0.2) is 23.1 Å². The predicted molar refractivity (Wildman–Crippen MR) is 101 cm³/mol. The highest BCUT2D eigenvalue weighted by atomic mass is 19.2. The van der Waals surface area contributed by atoms with E-state index < -0.39 is 17.7 Å². The van der Waals surface area contributed by atoms with Gasteiger partial charge in [-0.2, -0.15) is 0 Å². The molecule has 28 heavy (non-hydrogen) atoms. The monoisotopic (exact) mass is 394 g/mol. The molecule has 2 aromatic carbocycles. The molecule has 8 heteroatoms. The minimum absolute atomic E-state index is 0.213. The largest absolute Gasteiger partial charge is 0.493 e. The van der Waals surface area contributed by atoms with Crippen molar-refractivity contribution < 1.29 is 27.8 Å². The van der Waals surface area contributed by atoms with Gasteiger partial charge in [-0.15, -0.1) is 0 Å². The van der Waals surface area contributed by atoms with E-state index in [9.17, 15) is 13.6 Å². The number of hydrogen-bond acceptors (Lipinski definition) is 4. The zero-order chi connectivity index (χ0) is 20.8.